The number of aryl methyl sites for hydroxylation is 1. The monoisotopic (exact) mass is 391 g/mol. The summed E-state index contributed by atoms with van der Waals surface area (Å²) in [6.07, 6.45) is 0.162. The summed E-state index contributed by atoms with van der Waals surface area (Å²) in [6.45, 7) is 7.22. The van der Waals surface area contributed by atoms with Crippen LogP contribution in [0, 0.1) is 13.8 Å². The minimum atomic E-state index is -0.307. The zero-order chi connectivity index (χ0) is 20.5. The number of hydrogen-bond acceptors (Lipinski definition) is 4. The molecule has 2 heterocycles. The van der Waals surface area contributed by atoms with E-state index in [9.17, 15) is 14.4 Å². The molecule has 0 spiro atoms. The molecule has 6 nitrogen and oxygen atoms in total. The first kappa shape index (κ1) is 19.2. The van der Waals surface area contributed by atoms with Gasteiger partial charge in [0.1, 0.15) is 0 Å². The zero-order valence-electron chi connectivity index (χ0n) is 16.9. The Morgan fingerprint density at radius 3 is 2.10 bits per heavy atom. The van der Waals surface area contributed by atoms with Crippen LogP contribution < -0.4 is 4.90 Å². The fourth-order valence-electron chi connectivity index (χ4n) is 4.08. The summed E-state index contributed by atoms with van der Waals surface area (Å²) in [4.78, 5) is 42.9. The van der Waals surface area contributed by atoms with Crippen molar-refractivity contribution in [3.63, 3.8) is 0 Å². The van der Waals surface area contributed by atoms with Crippen molar-refractivity contribution < 1.29 is 14.4 Å². The molecule has 2 aromatic carbocycles. The number of imide groups is 1. The summed E-state index contributed by atoms with van der Waals surface area (Å²) in [7, 11) is 0. The van der Waals surface area contributed by atoms with Crippen molar-refractivity contribution in [3.05, 3.63) is 64.7 Å². The minimum Gasteiger partial charge on any atom is -0.368 e. The van der Waals surface area contributed by atoms with E-state index in [2.05, 4.69) is 36.9 Å². The first-order chi connectivity index (χ1) is 14.0. The number of hydrogen-bond donors (Lipinski definition) is 0. The molecule has 0 bridgehead atoms. The number of nitrogens with zero attached hydrogens (tertiary/aromatic N) is 3. The van der Waals surface area contributed by atoms with Crippen molar-refractivity contribution in [1.82, 2.24) is 9.80 Å². The number of fused-ring (bicyclic) bond motifs is 1. The van der Waals surface area contributed by atoms with Crippen LogP contribution in [0.5, 0.6) is 0 Å². The molecular weight excluding hydrogens is 366 g/mol. The molecule has 0 saturated carbocycles. The molecule has 4 rings (SSSR count). The summed E-state index contributed by atoms with van der Waals surface area (Å²) in [5.41, 5.74) is 4.61. The number of rotatable bonds is 4. The highest BCUT2D eigenvalue weighted by Crippen LogP contribution is 2.25. The Hall–Kier alpha value is -3.15. The molecule has 3 amide bonds. The Morgan fingerprint density at radius 1 is 0.862 bits per heavy atom. The second kappa shape index (κ2) is 7.70. The maximum atomic E-state index is 12.7. The smallest absolute Gasteiger partial charge is 0.261 e. The maximum absolute atomic E-state index is 12.7. The predicted octanol–water partition coefficient (Wildman–Crippen LogP) is 2.64. The molecule has 0 radical (unpaired) electrons. The van der Waals surface area contributed by atoms with Crippen LogP contribution in [0.4, 0.5) is 5.69 Å². The van der Waals surface area contributed by atoms with E-state index in [4.69, 9.17) is 0 Å². The van der Waals surface area contributed by atoms with E-state index < -0.39 is 0 Å². The van der Waals surface area contributed by atoms with Gasteiger partial charge in [-0.25, -0.2) is 0 Å². The number of anilines is 1. The molecule has 2 aromatic rings. The SMILES string of the molecule is Cc1cccc(N2CCN(C(=O)CCN3C(=O)c4ccccc4C3=O)CC2)c1C. The van der Waals surface area contributed by atoms with Crippen LogP contribution in [0.2, 0.25) is 0 Å². The van der Waals surface area contributed by atoms with Crippen LogP contribution in [0.15, 0.2) is 42.5 Å². The van der Waals surface area contributed by atoms with Crippen molar-refractivity contribution in [3.8, 4) is 0 Å². The summed E-state index contributed by atoms with van der Waals surface area (Å²) in [6, 6.07) is 13.1. The van der Waals surface area contributed by atoms with E-state index >= 15 is 0 Å². The lowest BCUT2D eigenvalue weighted by Gasteiger charge is -2.37. The van der Waals surface area contributed by atoms with Crippen molar-refractivity contribution >= 4 is 23.4 Å². The van der Waals surface area contributed by atoms with E-state index in [1.54, 1.807) is 24.3 Å². The lowest BCUT2D eigenvalue weighted by molar-refractivity contribution is -0.131. The average Bonchev–Trinajstić information content (AvgIpc) is 2.99. The van der Waals surface area contributed by atoms with E-state index in [0.29, 0.717) is 24.2 Å². The predicted molar refractivity (Wildman–Crippen MR) is 111 cm³/mol. The molecule has 0 unspecified atom stereocenters. The topological polar surface area (TPSA) is 60.9 Å². The van der Waals surface area contributed by atoms with Crippen LogP contribution >= 0.6 is 0 Å². The minimum absolute atomic E-state index is 0.0119. The number of carbonyl (C=O) groups is 3. The number of piperazine rings is 1. The lowest BCUT2D eigenvalue weighted by Crippen LogP contribution is -2.49. The van der Waals surface area contributed by atoms with Crippen LogP contribution in [0.25, 0.3) is 0 Å². The fraction of sp³-hybridized carbons (Fsp3) is 0.348. The van der Waals surface area contributed by atoms with Gasteiger partial charge in [0.25, 0.3) is 11.8 Å². The molecule has 150 valence electrons. The third-order valence-electron chi connectivity index (χ3n) is 5.98. The molecule has 6 heteroatoms. The van der Waals surface area contributed by atoms with E-state index in [-0.39, 0.29) is 30.7 Å². The molecule has 0 atom stereocenters. The Morgan fingerprint density at radius 2 is 1.48 bits per heavy atom. The molecule has 29 heavy (non-hydrogen) atoms. The standard InChI is InChI=1S/C23H25N3O3/c1-16-6-5-9-20(17(16)2)24-12-14-25(15-13-24)21(27)10-11-26-22(28)18-7-3-4-8-19(18)23(26)29/h3-9H,10-15H2,1-2H3. The van der Waals surface area contributed by atoms with Gasteiger partial charge >= 0.3 is 0 Å². The number of benzene rings is 2. The second-order valence-corrected chi connectivity index (χ2v) is 7.64. The van der Waals surface area contributed by atoms with E-state index in [1.807, 2.05) is 4.90 Å². The Balaban J connectivity index is 1.32. The second-order valence-electron chi connectivity index (χ2n) is 7.64. The highest BCUT2D eigenvalue weighted by molar-refractivity contribution is 6.21. The Bertz CT molecular complexity index is 942. The molecule has 1 fully saturated rings. The molecule has 0 aliphatic carbocycles. The van der Waals surface area contributed by atoms with Gasteiger partial charge in [0, 0.05) is 44.8 Å². The van der Waals surface area contributed by atoms with Crippen LogP contribution in [-0.2, 0) is 4.79 Å². The van der Waals surface area contributed by atoms with Gasteiger partial charge < -0.3 is 9.80 Å². The summed E-state index contributed by atoms with van der Waals surface area (Å²) < 4.78 is 0. The first-order valence-electron chi connectivity index (χ1n) is 10.0. The Kier molecular flexibility index (Phi) is 5.09. The van der Waals surface area contributed by atoms with Gasteiger partial charge in [-0.3, -0.25) is 19.3 Å². The van der Waals surface area contributed by atoms with Crippen LogP contribution in [0.3, 0.4) is 0 Å². The van der Waals surface area contributed by atoms with Crippen LogP contribution in [-0.4, -0.2) is 60.2 Å². The molecule has 0 aromatic heterocycles. The maximum Gasteiger partial charge on any atom is 0.261 e. The normalized spacial score (nSPS) is 16.4. The summed E-state index contributed by atoms with van der Waals surface area (Å²) >= 11 is 0. The molecule has 2 aliphatic rings. The van der Waals surface area contributed by atoms with Gasteiger partial charge in [0.2, 0.25) is 5.91 Å². The van der Waals surface area contributed by atoms with E-state index in [1.165, 1.54) is 21.7 Å². The molecular formula is C23H25N3O3. The Labute approximate surface area is 170 Å². The third kappa shape index (κ3) is 3.50. The third-order valence-corrected chi connectivity index (χ3v) is 5.98. The van der Waals surface area contributed by atoms with Crippen molar-refractivity contribution in [1.29, 1.82) is 0 Å². The quantitative estimate of drug-likeness (QED) is 0.752. The summed E-state index contributed by atoms with van der Waals surface area (Å²) in [5, 5.41) is 0. The van der Waals surface area contributed by atoms with E-state index in [0.717, 1.165) is 13.1 Å². The molecule has 2 aliphatic heterocycles. The van der Waals surface area contributed by atoms with Crippen molar-refractivity contribution in [2.45, 2.75) is 20.3 Å². The highest BCUT2D eigenvalue weighted by atomic mass is 16.2. The molecule has 0 N–H and O–H groups in total. The van der Waals surface area contributed by atoms with Crippen LogP contribution in [0.1, 0.15) is 38.3 Å². The largest absolute Gasteiger partial charge is 0.368 e. The van der Waals surface area contributed by atoms with Crippen molar-refractivity contribution in [2.75, 3.05) is 37.6 Å². The van der Waals surface area contributed by atoms with Crippen molar-refractivity contribution in [2.24, 2.45) is 0 Å². The van der Waals surface area contributed by atoms with Gasteiger partial charge in [0.05, 0.1) is 11.1 Å². The average molecular weight is 391 g/mol. The zero-order valence-corrected chi connectivity index (χ0v) is 16.9. The van der Waals surface area contributed by atoms with Gasteiger partial charge in [-0.2, -0.15) is 0 Å². The summed E-state index contributed by atoms with van der Waals surface area (Å²) in [5.74, 6) is -0.626. The lowest BCUT2D eigenvalue weighted by atomic mass is 10.1. The fourth-order valence-corrected chi connectivity index (χ4v) is 4.08. The van der Waals surface area contributed by atoms with Gasteiger partial charge in [-0.1, -0.05) is 24.3 Å². The molecule has 1 saturated heterocycles. The first-order valence-corrected chi connectivity index (χ1v) is 10.0. The number of amides is 3. The number of carbonyl (C=O) groups excluding carboxylic acids is 3. The van der Waals surface area contributed by atoms with Gasteiger partial charge in [-0.15, -0.1) is 0 Å². The highest BCUT2D eigenvalue weighted by Gasteiger charge is 2.35. The van der Waals surface area contributed by atoms with Gasteiger partial charge in [-0.05, 0) is 43.2 Å². The van der Waals surface area contributed by atoms with Gasteiger partial charge in [0.15, 0.2) is 0 Å².